The van der Waals surface area contributed by atoms with E-state index in [0.717, 1.165) is 14.9 Å². The minimum Gasteiger partial charge on any atom is -0.456 e. The standard InChI is InChI=1S/C19H14BrN3O4/c20-12-7-4-8-13(9-12)23-17(24)14-15(18(23)25)21-22-16(14)19(26)27-10-11-5-2-1-3-6-11/h1-9,14-15,21H,10H2. The van der Waals surface area contributed by atoms with Crippen LogP contribution in [0, 0.1) is 5.92 Å². The van der Waals surface area contributed by atoms with Crippen LogP contribution in [0.2, 0.25) is 0 Å². The lowest BCUT2D eigenvalue weighted by Crippen LogP contribution is -2.36. The Bertz CT molecular complexity index is 960. The van der Waals surface area contributed by atoms with E-state index in [-0.39, 0.29) is 12.3 Å². The van der Waals surface area contributed by atoms with Crippen LogP contribution in [0.25, 0.3) is 0 Å². The van der Waals surface area contributed by atoms with Crippen molar-refractivity contribution in [3.05, 3.63) is 64.6 Å². The van der Waals surface area contributed by atoms with Gasteiger partial charge in [0.1, 0.15) is 18.6 Å². The summed E-state index contributed by atoms with van der Waals surface area (Å²) in [6.45, 7) is 0.0631. The number of carbonyl (C=O) groups is 3. The molecule has 1 fully saturated rings. The normalized spacial score (nSPS) is 20.9. The van der Waals surface area contributed by atoms with Gasteiger partial charge in [-0.2, -0.15) is 5.10 Å². The molecule has 7 nitrogen and oxygen atoms in total. The average molecular weight is 428 g/mol. The van der Waals surface area contributed by atoms with Crippen molar-refractivity contribution in [3.8, 4) is 0 Å². The van der Waals surface area contributed by atoms with E-state index in [0.29, 0.717) is 5.69 Å². The Hall–Kier alpha value is -3.00. The topological polar surface area (TPSA) is 88.1 Å². The first-order chi connectivity index (χ1) is 13.1. The van der Waals surface area contributed by atoms with Gasteiger partial charge in [0, 0.05) is 4.47 Å². The highest BCUT2D eigenvalue weighted by Gasteiger charge is 2.55. The van der Waals surface area contributed by atoms with Crippen molar-refractivity contribution in [2.24, 2.45) is 11.0 Å². The fourth-order valence-corrected chi connectivity index (χ4v) is 3.51. The number of fused-ring (bicyclic) bond motifs is 1. The highest BCUT2D eigenvalue weighted by Crippen LogP contribution is 2.32. The quantitative estimate of drug-likeness (QED) is 0.595. The van der Waals surface area contributed by atoms with Crippen LogP contribution < -0.4 is 10.3 Å². The Kier molecular flexibility index (Phi) is 4.49. The van der Waals surface area contributed by atoms with E-state index in [9.17, 15) is 14.4 Å². The molecule has 0 saturated carbocycles. The minimum absolute atomic E-state index is 0.0631. The smallest absolute Gasteiger partial charge is 0.355 e. The number of imide groups is 1. The molecule has 2 aliphatic heterocycles. The molecule has 2 unspecified atom stereocenters. The molecule has 1 N–H and O–H groups in total. The molecule has 0 aromatic heterocycles. The number of ether oxygens (including phenoxy) is 1. The fraction of sp³-hybridized carbons (Fsp3) is 0.158. The summed E-state index contributed by atoms with van der Waals surface area (Å²) in [7, 11) is 0. The van der Waals surface area contributed by atoms with Crippen molar-refractivity contribution < 1.29 is 19.1 Å². The number of carbonyl (C=O) groups excluding carboxylic acids is 3. The monoisotopic (exact) mass is 427 g/mol. The largest absolute Gasteiger partial charge is 0.456 e. The average Bonchev–Trinajstić information content (AvgIpc) is 3.21. The van der Waals surface area contributed by atoms with Crippen molar-refractivity contribution in [1.29, 1.82) is 0 Å². The highest BCUT2D eigenvalue weighted by molar-refractivity contribution is 9.10. The molecular weight excluding hydrogens is 414 g/mol. The van der Waals surface area contributed by atoms with E-state index < -0.39 is 29.7 Å². The number of nitrogens with one attached hydrogen (secondary N) is 1. The molecule has 2 aliphatic rings. The van der Waals surface area contributed by atoms with E-state index in [1.165, 1.54) is 0 Å². The van der Waals surface area contributed by atoms with E-state index in [1.54, 1.807) is 24.3 Å². The molecule has 2 heterocycles. The van der Waals surface area contributed by atoms with E-state index >= 15 is 0 Å². The van der Waals surface area contributed by atoms with Crippen LogP contribution in [-0.4, -0.2) is 29.5 Å². The van der Waals surface area contributed by atoms with Crippen LogP contribution in [0.4, 0.5) is 5.69 Å². The van der Waals surface area contributed by atoms with Gasteiger partial charge >= 0.3 is 5.97 Å². The molecule has 4 rings (SSSR count). The van der Waals surface area contributed by atoms with Crippen LogP contribution in [0.3, 0.4) is 0 Å². The first-order valence-corrected chi connectivity index (χ1v) is 9.03. The number of hydrazone groups is 1. The van der Waals surface area contributed by atoms with Crippen LogP contribution in [-0.2, 0) is 25.7 Å². The number of anilines is 1. The number of esters is 1. The summed E-state index contributed by atoms with van der Waals surface area (Å²) >= 11 is 3.33. The minimum atomic E-state index is -0.986. The summed E-state index contributed by atoms with van der Waals surface area (Å²) in [5, 5.41) is 3.89. The third kappa shape index (κ3) is 3.12. The van der Waals surface area contributed by atoms with Gasteiger partial charge < -0.3 is 4.74 Å². The van der Waals surface area contributed by atoms with Crippen LogP contribution >= 0.6 is 15.9 Å². The molecule has 2 atom stereocenters. The van der Waals surface area contributed by atoms with Gasteiger partial charge in [-0.3, -0.25) is 15.0 Å². The van der Waals surface area contributed by atoms with E-state index in [4.69, 9.17) is 4.74 Å². The number of amides is 2. The zero-order valence-corrected chi connectivity index (χ0v) is 15.5. The zero-order chi connectivity index (χ0) is 19.0. The number of nitrogens with zero attached hydrogens (tertiary/aromatic N) is 2. The van der Waals surface area contributed by atoms with Crippen LogP contribution in [0.15, 0.2) is 64.2 Å². The first-order valence-electron chi connectivity index (χ1n) is 8.24. The molecule has 2 aromatic rings. The van der Waals surface area contributed by atoms with Gasteiger partial charge in [-0.25, -0.2) is 9.69 Å². The van der Waals surface area contributed by atoms with E-state index in [2.05, 4.69) is 26.5 Å². The number of halogens is 1. The summed E-state index contributed by atoms with van der Waals surface area (Å²) in [4.78, 5) is 39.0. The third-order valence-electron chi connectivity index (χ3n) is 4.41. The lowest BCUT2D eigenvalue weighted by atomic mass is 9.99. The number of rotatable bonds is 4. The molecule has 1 saturated heterocycles. The lowest BCUT2D eigenvalue weighted by Gasteiger charge is -2.15. The van der Waals surface area contributed by atoms with Crippen molar-refractivity contribution in [3.63, 3.8) is 0 Å². The van der Waals surface area contributed by atoms with Gasteiger partial charge in [-0.1, -0.05) is 52.3 Å². The summed E-state index contributed by atoms with van der Waals surface area (Å²) in [5.41, 5.74) is 3.78. The molecule has 2 amide bonds. The van der Waals surface area contributed by atoms with Gasteiger partial charge in [0.25, 0.3) is 5.91 Å². The summed E-state index contributed by atoms with van der Waals surface area (Å²) in [5.74, 6) is -2.64. The van der Waals surface area contributed by atoms with Crippen LogP contribution in [0.1, 0.15) is 5.56 Å². The second-order valence-corrected chi connectivity index (χ2v) is 7.05. The van der Waals surface area contributed by atoms with Gasteiger partial charge in [0.15, 0.2) is 5.71 Å². The second kappa shape index (κ2) is 6.96. The molecule has 0 radical (unpaired) electrons. The summed E-state index contributed by atoms with van der Waals surface area (Å²) < 4.78 is 6.00. The summed E-state index contributed by atoms with van der Waals surface area (Å²) in [6.07, 6.45) is 0. The molecule has 8 heteroatoms. The predicted octanol–water partition coefficient (Wildman–Crippen LogP) is 2.01. The Balaban J connectivity index is 1.52. The number of hydrogen-bond donors (Lipinski definition) is 1. The van der Waals surface area contributed by atoms with Gasteiger partial charge in [0.05, 0.1) is 5.69 Å². The molecular formula is C19H14BrN3O4. The Morgan fingerprint density at radius 1 is 1.11 bits per heavy atom. The molecule has 0 bridgehead atoms. The molecule has 27 heavy (non-hydrogen) atoms. The lowest BCUT2D eigenvalue weighted by molar-refractivity contribution is -0.137. The molecule has 0 aliphatic carbocycles. The maximum Gasteiger partial charge on any atom is 0.355 e. The number of hydrogen-bond acceptors (Lipinski definition) is 6. The third-order valence-corrected chi connectivity index (χ3v) is 4.91. The van der Waals surface area contributed by atoms with Crippen LogP contribution in [0.5, 0.6) is 0 Å². The second-order valence-electron chi connectivity index (χ2n) is 6.13. The fourth-order valence-electron chi connectivity index (χ4n) is 3.12. The van der Waals surface area contributed by atoms with Gasteiger partial charge in [0.2, 0.25) is 5.91 Å². The maximum atomic E-state index is 12.9. The molecule has 136 valence electrons. The molecule has 2 aromatic carbocycles. The Morgan fingerprint density at radius 2 is 1.89 bits per heavy atom. The van der Waals surface area contributed by atoms with Gasteiger partial charge in [-0.05, 0) is 23.8 Å². The van der Waals surface area contributed by atoms with Crippen molar-refractivity contribution in [1.82, 2.24) is 5.43 Å². The van der Waals surface area contributed by atoms with E-state index in [1.807, 2.05) is 30.3 Å². The van der Waals surface area contributed by atoms with Crippen molar-refractivity contribution >= 4 is 45.1 Å². The number of benzene rings is 2. The zero-order valence-electron chi connectivity index (χ0n) is 14.0. The summed E-state index contributed by atoms with van der Waals surface area (Å²) in [6, 6.07) is 15.1. The SMILES string of the molecule is O=C(OCc1ccccc1)C1=NNC2C(=O)N(c3cccc(Br)c3)C(=O)C12. The molecule has 0 spiro atoms. The van der Waals surface area contributed by atoms with Crippen molar-refractivity contribution in [2.75, 3.05) is 4.90 Å². The maximum absolute atomic E-state index is 12.9. The Labute approximate surface area is 163 Å². The predicted molar refractivity (Wildman–Crippen MR) is 101 cm³/mol. The van der Waals surface area contributed by atoms with Crippen molar-refractivity contribution in [2.45, 2.75) is 12.6 Å². The Morgan fingerprint density at radius 3 is 2.63 bits per heavy atom. The van der Waals surface area contributed by atoms with Gasteiger partial charge in [-0.15, -0.1) is 0 Å². The first kappa shape index (κ1) is 17.4. The highest BCUT2D eigenvalue weighted by atomic mass is 79.9.